The van der Waals surface area contributed by atoms with Gasteiger partial charge in [0.2, 0.25) is 0 Å². The lowest BCUT2D eigenvalue weighted by Crippen LogP contribution is -2.14. The second-order valence-corrected chi connectivity index (χ2v) is 8.49. The summed E-state index contributed by atoms with van der Waals surface area (Å²) in [5, 5.41) is 4.44. The number of aromatic nitrogens is 2. The van der Waals surface area contributed by atoms with E-state index in [0.29, 0.717) is 23.6 Å². The van der Waals surface area contributed by atoms with Crippen LogP contribution < -0.4 is 4.72 Å². The molecule has 8 heteroatoms. The molecule has 3 aromatic rings. The molecule has 136 valence electrons. The highest BCUT2D eigenvalue weighted by Crippen LogP contribution is 2.24. The van der Waals surface area contributed by atoms with E-state index in [-0.39, 0.29) is 4.90 Å². The lowest BCUT2D eigenvalue weighted by molar-refractivity contribution is 0.599. The molecular formula is C18H17BrFN3O2S. The van der Waals surface area contributed by atoms with E-state index in [0.717, 1.165) is 22.2 Å². The van der Waals surface area contributed by atoms with E-state index in [1.165, 1.54) is 12.1 Å². The van der Waals surface area contributed by atoms with Crippen LogP contribution in [0.3, 0.4) is 0 Å². The Morgan fingerprint density at radius 1 is 1.08 bits per heavy atom. The van der Waals surface area contributed by atoms with Crippen molar-refractivity contribution in [2.24, 2.45) is 0 Å². The van der Waals surface area contributed by atoms with Crippen LogP contribution in [0.4, 0.5) is 10.1 Å². The molecule has 0 atom stereocenters. The zero-order valence-corrected chi connectivity index (χ0v) is 16.6. The lowest BCUT2D eigenvalue weighted by atomic mass is 10.2. The van der Waals surface area contributed by atoms with Crippen LogP contribution in [0.15, 0.2) is 57.9 Å². The van der Waals surface area contributed by atoms with Crippen LogP contribution in [0.2, 0.25) is 0 Å². The average Bonchev–Trinajstić information content (AvgIpc) is 2.84. The van der Waals surface area contributed by atoms with E-state index in [1.807, 2.05) is 24.3 Å². The molecule has 26 heavy (non-hydrogen) atoms. The molecule has 3 rings (SSSR count). The lowest BCUT2D eigenvalue weighted by Gasteiger charge is -2.09. The first-order valence-electron chi connectivity index (χ1n) is 7.83. The molecule has 5 nitrogen and oxygen atoms in total. The fourth-order valence-electron chi connectivity index (χ4n) is 2.57. The summed E-state index contributed by atoms with van der Waals surface area (Å²) in [6.45, 7) is 4.08. The van der Waals surface area contributed by atoms with Gasteiger partial charge in [0.25, 0.3) is 10.0 Å². The number of nitrogens with zero attached hydrogens (tertiary/aromatic N) is 2. The number of halogens is 2. The van der Waals surface area contributed by atoms with Crippen LogP contribution in [0.5, 0.6) is 0 Å². The van der Waals surface area contributed by atoms with Crippen LogP contribution in [-0.2, 0) is 16.6 Å². The normalized spacial score (nSPS) is 11.5. The molecule has 0 bridgehead atoms. The van der Waals surface area contributed by atoms with Gasteiger partial charge in [0.15, 0.2) is 0 Å². The Morgan fingerprint density at radius 3 is 2.31 bits per heavy atom. The van der Waals surface area contributed by atoms with Crippen molar-refractivity contribution in [2.45, 2.75) is 25.3 Å². The molecule has 0 aliphatic heterocycles. The first-order chi connectivity index (χ1) is 12.3. The van der Waals surface area contributed by atoms with Crippen LogP contribution in [-0.4, -0.2) is 18.2 Å². The minimum atomic E-state index is -3.82. The van der Waals surface area contributed by atoms with Crippen molar-refractivity contribution in [3.05, 3.63) is 75.8 Å². The Bertz CT molecular complexity index is 1030. The third kappa shape index (κ3) is 3.96. The Hall–Kier alpha value is -2.19. The van der Waals surface area contributed by atoms with Gasteiger partial charge in [-0.3, -0.25) is 9.40 Å². The summed E-state index contributed by atoms with van der Waals surface area (Å²) in [5.74, 6) is -0.487. The monoisotopic (exact) mass is 437 g/mol. The summed E-state index contributed by atoms with van der Waals surface area (Å²) < 4.78 is 43.4. The van der Waals surface area contributed by atoms with E-state index in [1.54, 1.807) is 18.5 Å². The smallest absolute Gasteiger partial charge is 0.262 e. The maximum absolute atomic E-state index is 13.0. The second kappa shape index (κ2) is 7.20. The van der Waals surface area contributed by atoms with Gasteiger partial charge >= 0.3 is 0 Å². The summed E-state index contributed by atoms with van der Waals surface area (Å²) in [6, 6.07) is 12.5. The fourth-order valence-corrected chi connectivity index (χ4v) is 4.01. The van der Waals surface area contributed by atoms with Crippen LogP contribution in [0, 0.1) is 19.7 Å². The van der Waals surface area contributed by atoms with Crippen molar-refractivity contribution < 1.29 is 12.8 Å². The molecule has 1 aromatic heterocycles. The second-order valence-electron chi connectivity index (χ2n) is 5.89. The molecule has 1 N–H and O–H groups in total. The van der Waals surface area contributed by atoms with Gasteiger partial charge in [0.1, 0.15) is 5.82 Å². The molecule has 0 radical (unpaired) electrons. The first-order valence-corrected chi connectivity index (χ1v) is 10.1. The Morgan fingerprint density at radius 2 is 1.69 bits per heavy atom. The number of hydrogen-bond acceptors (Lipinski definition) is 3. The molecule has 0 saturated carbocycles. The highest BCUT2D eigenvalue weighted by Gasteiger charge is 2.20. The predicted molar refractivity (Wildman–Crippen MR) is 102 cm³/mol. The summed E-state index contributed by atoms with van der Waals surface area (Å²) in [6.07, 6.45) is 0. The van der Waals surface area contributed by atoms with Crippen LogP contribution in [0.1, 0.15) is 17.0 Å². The van der Waals surface area contributed by atoms with Gasteiger partial charge in [-0.25, -0.2) is 12.8 Å². The molecular weight excluding hydrogens is 421 g/mol. The minimum Gasteiger partial charge on any atom is -0.276 e. The average molecular weight is 438 g/mol. The number of anilines is 1. The number of rotatable bonds is 5. The highest BCUT2D eigenvalue weighted by molar-refractivity contribution is 9.10. The first kappa shape index (κ1) is 18.6. The van der Waals surface area contributed by atoms with Gasteiger partial charge in [0.05, 0.1) is 28.5 Å². The Kier molecular flexibility index (Phi) is 5.15. The third-order valence-electron chi connectivity index (χ3n) is 3.99. The quantitative estimate of drug-likeness (QED) is 0.648. The third-order valence-corrected chi connectivity index (χ3v) is 5.88. The molecule has 1 heterocycles. The van der Waals surface area contributed by atoms with Crippen LogP contribution in [0.25, 0.3) is 0 Å². The molecule has 0 aliphatic rings. The van der Waals surface area contributed by atoms with E-state index in [2.05, 4.69) is 25.8 Å². The van der Waals surface area contributed by atoms with E-state index >= 15 is 0 Å². The number of nitrogens with one attached hydrogen (secondary N) is 1. The van der Waals surface area contributed by atoms with Gasteiger partial charge in [0, 0.05) is 4.47 Å². The predicted octanol–water partition coefficient (Wildman–Crippen LogP) is 4.25. The van der Waals surface area contributed by atoms with Gasteiger partial charge < -0.3 is 0 Å². The molecule has 0 amide bonds. The SMILES string of the molecule is Cc1nn(Cc2ccc(Br)cc2)c(C)c1NS(=O)(=O)c1ccc(F)cc1. The number of sulfonamides is 1. The molecule has 0 aliphatic carbocycles. The van der Waals surface area contributed by atoms with E-state index < -0.39 is 15.8 Å². The van der Waals surface area contributed by atoms with Crippen molar-refractivity contribution in [3.63, 3.8) is 0 Å². The molecule has 2 aromatic carbocycles. The van der Waals surface area contributed by atoms with Crippen molar-refractivity contribution in [2.75, 3.05) is 4.72 Å². The molecule has 0 saturated heterocycles. The summed E-state index contributed by atoms with van der Waals surface area (Å²) in [4.78, 5) is -0.00152. The van der Waals surface area contributed by atoms with Crippen molar-refractivity contribution >= 4 is 31.6 Å². The van der Waals surface area contributed by atoms with Gasteiger partial charge in [-0.05, 0) is 55.8 Å². The van der Waals surface area contributed by atoms with E-state index in [9.17, 15) is 12.8 Å². The summed E-state index contributed by atoms with van der Waals surface area (Å²) >= 11 is 3.40. The standard InChI is InChI=1S/C18H17BrFN3O2S/c1-12-18(22-26(24,25)17-9-7-16(20)8-10-17)13(2)23(21-12)11-14-3-5-15(19)6-4-14/h3-10,22H,11H2,1-2H3. The number of hydrogen-bond donors (Lipinski definition) is 1. The van der Waals surface area contributed by atoms with E-state index in [4.69, 9.17) is 0 Å². The summed E-state index contributed by atoms with van der Waals surface area (Å²) in [5.41, 5.74) is 2.76. The topological polar surface area (TPSA) is 64.0 Å². The maximum Gasteiger partial charge on any atom is 0.262 e. The van der Waals surface area contributed by atoms with Gasteiger partial charge in [-0.2, -0.15) is 5.10 Å². The number of benzene rings is 2. The minimum absolute atomic E-state index is 0.00152. The molecule has 0 fully saturated rings. The van der Waals surface area contributed by atoms with Crippen molar-refractivity contribution in [1.82, 2.24) is 9.78 Å². The maximum atomic E-state index is 13.0. The fraction of sp³-hybridized carbons (Fsp3) is 0.167. The van der Waals surface area contributed by atoms with Gasteiger partial charge in [-0.15, -0.1) is 0 Å². The zero-order chi connectivity index (χ0) is 18.9. The molecule has 0 spiro atoms. The van der Waals surface area contributed by atoms with Crippen LogP contribution >= 0.6 is 15.9 Å². The Labute approximate surface area is 160 Å². The highest BCUT2D eigenvalue weighted by atomic mass is 79.9. The van der Waals surface area contributed by atoms with Crippen molar-refractivity contribution in [3.8, 4) is 0 Å². The molecule has 0 unspecified atom stereocenters. The van der Waals surface area contributed by atoms with Crippen molar-refractivity contribution in [1.29, 1.82) is 0 Å². The largest absolute Gasteiger partial charge is 0.276 e. The Balaban J connectivity index is 1.88. The summed E-state index contributed by atoms with van der Waals surface area (Å²) in [7, 11) is -3.82. The number of aryl methyl sites for hydroxylation is 1. The van der Waals surface area contributed by atoms with Gasteiger partial charge in [-0.1, -0.05) is 28.1 Å². The zero-order valence-electron chi connectivity index (χ0n) is 14.2.